The Morgan fingerprint density at radius 2 is 2.04 bits per heavy atom. The normalized spacial score (nSPS) is 18.7. The van der Waals surface area contributed by atoms with Crippen LogP contribution < -0.4 is 15.2 Å². The minimum Gasteiger partial charge on any atom is -0.454 e. The Morgan fingerprint density at radius 1 is 1.40 bits per heavy atom. The summed E-state index contributed by atoms with van der Waals surface area (Å²) in [6.07, 6.45) is 0. The number of hydrogen-bond acceptors (Lipinski definition) is 8. The molecule has 128 valence electrons. The lowest BCUT2D eigenvalue weighted by molar-refractivity contribution is -0.385. The number of nitriles is 1. The molecule has 0 saturated heterocycles. The van der Waals surface area contributed by atoms with E-state index in [0.29, 0.717) is 5.75 Å². The van der Waals surface area contributed by atoms with Crippen LogP contribution in [0.25, 0.3) is 0 Å². The summed E-state index contributed by atoms with van der Waals surface area (Å²) in [6, 6.07) is 4.50. The number of nitrogens with zero attached hydrogens (tertiary/aromatic N) is 2. The molecule has 2 N–H and O–H groups in total. The van der Waals surface area contributed by atoms with Crippen LogP contribution in [0.3, 0.4) is 0 Å². The minimum atomic E-state index is -1.02. The fourth-order valence-corrected chi connectivity index (χ4v) is 2.98. The molecule has 25 heavy (non-hydrogen) atoms. The zero-order valence-corrected chi connectivity index (χ0v) is 13.4. The summed E-state index contributed by atoms with van der Waals surface area (Å²) >= 11 is 0. The van der Waals surface area contributed by atoms with E-state index >= 15 is 0 Å². The molecule has 1 aromatic carbocycles. The van der Waals surface area contributed by atoms with Crippen molar-refractivity contribution < 1.29 is 23.9 Å². The van der Waals surface area contributed by atoms with Crippen molar-refractivity contribution in [2.24, 2.45) is 5.73 Å². The molecule has 0 saturated carbocycles. The molecule has 0 amide bonds. The first-order valence-electron chi connectivity index (χ1n) is 7.22. The average molecular weight is 343 g/mol. The van der Waals surface area contributed by atoms with Gasteiger partial charge in [-0.25, -0.2) is 0 Å². The van der Waals surface area contributed by atoms with Crippen LogP contribution in [0.15, 0.2) is 34.9 Å². The van der Waals surface area contributed by atoms with Gasteiger partial charge in [-0.2, -0.15) is 5.26 Å². The SMILES string of the molecule is CC(=O)C1=C(C)OC(N)=C(C#N)[C@H]1c1cc2c(cc1[N+](=O)[O-])OCO2. The van der Waals surface area contributed by atoms with Gasteiger partial charge in [0.1, 0.15) is 17.4 Å². The molecule has 0 spiro atoms. The van der Waals surface area contributed by atoms with Gasteiger partial charge in [0.2, 0.25) is 12.7 Å². The van der Waals surface area contributed by atoms with Crippen LogP contribution in [-0.2, 0) is 9.53 Å². The van der Waals surface area contributed by atoms with Gasteiger partial charge in [-0.1, -0.05) is 0 Å². The predicted octanol–water partition coefficient (Wildman–Crippen LogP) is 1.99. The first-order chi connectivity index (χ1) is 11.8. The van der Waals surface area contributed by atoms with Crippen LogP contribution in [0.2, 0.25) is 0 Å². The topological polar surface area (TPSA) is 138 Å². The summed E-state index contributed by atoms with van der Waals surface area (Å²) in [5.74, 6) is -0.879. The first-order valence-corrected chi connectivity index (χ1v) is 7.22. The summed E-state index contributed by atoms with van der Waals surface area (Å²) in [6.45, 7) is 2.75. The van der Waals surface area contributed by atoms with Crippen LogP contribution in [0.4, 0.5) is 5.69 Å². The molecular weight excluding hydrogens is 330 g/mol. The monoisotopic (exact) mass is 343 g/mol. The van der Waals surface area contributed by atoms with Crippen molar-refractivity contribution >= 4 is 11.5 Å². The molecule has 0 fully saturated rings. The van der Waals surface area contributed by atoms with Gasteiger partial charge < -0.3 is 19.9 Å². The lowest BCUT2D eigenvalue weighted by Crippen LogP contribution is -2.23. The first kappa shape index (κ1) is 16.3. The molecule has 2 heterocycles. The second-order valence-electron chi connectivity index (χ2n) is 5.47. The van der Waals surface area contributed by atoms with Crippen molar-refractivity contribution in [1.29, 1.82) is 5.26 Å². The number of allylic oxidation sites excluding steroid dienone is 3. The summed E-state index contributed by atoms with van der Waals surface area (Å²) in [7, 11) is 0. The highest BCUT2D eigenvalue weighted by Gasteiger charge is 2.39. The highest BCUT2D eigenvalue weighted by atomic mass is 16.7. The van der Waals surface area contributed by atoms with Gasteiger partial charge in [0, 0.05) is 11.1 Å². The average Bonchev–Trinajstić information content (AvgIpc) is 2.99. The smallest absolute Gasteiger partial charge is 0.277 e. The van der Waals surface area contributed by atoms with Gasteiger partial charge in [0.15, 0.2) is 17.3 Å². The largest absolute Gasteiger partial charge is 0.454 e. The molecule has 0 radical (unpaired) electrons. The van der Waals surface area contributed by atoms with Crippen LogP contribution in [0.5, 0.6) is 11.5 Å². The van der Waals surface area contributed by atoms with Crippen LogP contribution >= 0.6 is 0 Å². The number of carbonyl (C=O) groups excluding carboxylic acids is 1. The van der Waals surface area contributed by atoms with Gasteiger partial charge in [0.05, 0.1) is 16.9 Å². The molecule has 2 aliphatic heterocycles. The lowest BCUT2D eigenvalue weighted by atomic mass is 9.80. The number of nitro benzene ring substituents is 1. The molecule has 3 rings (SSSR count). The van der Waals surface area contributed by atoms with E-state index in [0.717, 1.165) is 0 Å². The Kier molecular flexibility index (Phi) is 3.81. The van der Waals surface area contributed by atoms with Crippen LogP contribution in [0, 0.1) is 21.4 Å². The van der Waals surface area contributed by atoms with Crippen molar-refractivity contribution in [2.75, 3.05) is 6.79 Å². The van der Waals surface area contributed by atoms with Crippen LogP contribution in [-0.4, -0.2) is 17.5 Å². The van der Waals surface area contributed by atoms with Gasteiger partial charge in [-0.3, -0.25) is 14.9 Å². The molecule has 0 unspecified atom stereocenters. The molecule has 0 aromatic heterocycles. The molecule has 9 heteroatoms. The van der Waals surface area contributed by atoms with Crippen molar-refractivity contribution in [2.45, 2.75) is 19.8 Å². The standard InChI is InChI=1S/C16H13N3O6/c1-7(20)14-8(2)25-16(18)10(5-17)15(14)9-3-12-13(24-6-23-12)4-11(9)19(21)22/h3-4,15H,6,18H2,1-2H3/t15-/m1/s1. The van der Waals surface area contributed by atoms with E-state index < -0.39 is 10.8 Å². The maximum Gasteiger partial charge on any atom is 0.277 e. The minimum absolute atomic E-state index is 0.0682. The number of fused-ring (bicyclic) bond motifs is 1. The van der Waals surface area contributed by atoms with E-state index in [1.54, 1.807) is 0 Å². The molecule has 2 aliphatic rings. The zero-order chi connectivity index (χ0) is 18.3. The summed E-state index contributed by atoms with van der Waals surface area (Å²) < 4.78 is 15.7. The second-order valence-corrected chi connectivity index (χ2v) is 5.47. The quantitative estimate of drug-likeness (QED) is 0.649. The van der Waals surface area contributed by atoms with E-state index in [4.69, 9.17) is 19.9 Å². The van der Waals surface area contributed by atoms with E-state index in [2.05, 4.69) is 0 Å². The number of ketones is 1. The molecular formula is C16H13N3O6. The Hall–Kier alpha value is -3.54. The van der Waals surface area contributed by atoms with E-state index in [9.17, 15) is 20.2 Å². The zero-order valence-electron chi connectivity index (χ0n) is 13.4. The highest BCUT2D eigenvalue weighted by molar-refractivity contribution is 5.97. The number of nitrogens with two attached hydrogens (primary N) is 1. The number of rotatable bonds is 3. The van der Waals surface area contributed by atoms with E-state index in [-0.39, 0.29) is 52.4 Å². The Morgan fingerprint density at radius 3 is 2.60 bits per heavy atom. The third-order valence-electron chi connectivity index (χ3n) is 4.01. The Labute approximate surface area is 142 Å². The predicted molar refractivity (Wildman–Crippen MR) is 83.3 cm³/mol. The lowest BCUT2D eigenvalue weighted by Gasteiger charge is -2.26. The van der Waals surface area contributed by atoms with Crippen LogP contribution in [0.1, 0.15) is 25.3 Å². The maximum atomic E-state index is 12.1. The molecule has 1 atom stereocenters. The third-order valence-corrected chi connectivity index (χ3v) is 4.01. The van der Waals surface area contributed by atoms with E-state index in [1.165, 1.54) is 26.0 Å². The molecule has 9 nitrogen and oxygen atoms in total. The number of Topliss-reactive ketones (excluding diaryl/α,β-unsaturated/α-hetero) is 1. The fourth-order valence-electron chi connectivity index (χ4n) is 2.98. The molecule has 0 aliphatic carbocycles. The number of hydrogen-bond donors (Lipinski definition) is 1. The number of ether oxygens (including phenoxy) is 3. The van der Waals surface area contributed by atoms with Gasteiger partial charge in [-0.15, -0.1) is 0 Å². The summed E-state index contributed by atoms with van der Waals surface area (Å²) in [5.41, 5.74) is 5.64. The van der Waals surface area contributed by atoms with Gasteiger partial charge in [-0.05, 0) is 19.9 Å². The number of carbonyl (C=O) groups is 1. The third kappa shape index (κ3) is 2.53. The maximum absolute atomic E-state index is 12.1. The molecule has 0 bridgehead atoms. The Bertz CT molecular complexity index is 909. The molecule has 1 aromatic rings. The Balaban J connectivity index is 2.31. The van der Waals surface area contributed by atoms with E-state index in [1.807, 2.05) is 6.07 Å². The highest BCUT2D eigenvalue weighted by Crippen LogP contribution is 2.47. The number of nitro groups is 1. The van der Waals surface area contributed by atoms with Crippen molar-refractivity contribution in [3.8, 4) is 17.6 Å². The van der Waals surface area contributed by atoms with Crippen molar-refractivity contribution in [3.63, 3.8) is 0 Å². The fraction of sp³-hybridized carbons (Fsp3) is 0.250. The van der Waals surface area contributed by atoms with Gasteiger partial charge >= 0.3 is 0 Å². The van der Waals surface area contributed by atoms with Crippen molar-refractivity contribution in [3.05, 3.63) is 50.6 Å². The van der Waals surface area contributed by atoms with Crippen molar-refractivity contribution in [1.82, 2.24) is 0 Å². The number of benzene rings is 1. The summed E-state index contributed by atoms with van der Waals surface area (Å²) in [4.78, 5) is 23.1. The summed E-state index contributed by atoms with van der Waals surface area (Å²) in [5, 5.41) is 21.0. The van der Waals surface area contributed by atoms with Gasteiger partial charge in [0.25, 0.3) is 5.69 Å². The second kappa shape index (κ2) is 5.83.